The lowest BCUT2D eigenvalue weighted by molar-refractivity contribution is 0.419. The van der Waals surface area contributed by atoms with Gasteiger partial charge in [0.05, 0.1) is 18.0 Å². The molecule has 0 aliphatic heterocycles. The Morgan fingerprint density at radius 3 is 2.45 bits per heavy atom. The van der Waals surface area contributed by atoms with Crippen molar-refractivity contribution in [2.45, 2.75) is 11.4 Å². The molecular weight excluding hydrogens is 322 g/mol. The Kier molecular flexibility index (Phi) is 3.85. The van der Waals surface area contributed by atoms with Crippen LogP contribution >= 0.6 is 10.7 Å². The van der Waals surface area contributed by atoms with Gasteiger partial charge < -0.3 is 9.30 Å². The third-order valence-corrected chi connectivity index (χ3v) is 4.85. The van der Waals surface area contributed by atoms with Gasteiger partial charge in [-0.2, -0.15) is 0 Å². The molecule has 22 heavy (non-hydrogen) atoms. The fourth-order valence-electron chi connectivity index (χ4n) is 2.55. The summed E-state index contributed by atoms with van der Waals surface area (Å²) in [4.78, 5) is 0.0672. The van der Waals surface area contributed by atoms with Gasteiger partial charge in [-0.25, -0.2) is 8.42 Å². The number of methoxy groups -OCH3 is 1. The standard InChI is InChI=1S/C16H14ClNO3S/c1-21-14-9-5-8-13-16(14)15(22(17,19)20)11-18(13)10-12-6-3-2-4-7-12/h2-9,11H,10H2,1H3. The maximum absolute atomic E-state index is 11.9. The first-order chi connectivity index (χ1) is 10.5. The summed E-state index contributed by atoms with van der Waals surface area (Å²) >= 11 is 0. The number of rotatable bonds is 4. The average Bonchev–Trinajstić information content (AvgIpc) is 2.87. The van der Waals surface area contributed by atoms with Crippen LogP contribution in [0.15, 0.2) is 59.6 Å². The third kappa shape index (κ3) is 2.69. The van der Waals surface area contributed by atoms with E-state index in [4.69, 9.17) is 15.4 Å². The van der Waals surface area contributed by atoms with E-state index in [-0.39, 0.29) is 4.90 Å². The predicted molar refractivity (Wildman–Crippen MR) is 87.1 cm³/mol. The Morgan fingerprint density at radius 2 is 1.82 bits per heavy atom. The second-order valence-corrected chi connectivity index (χ2v) is 7.43. The lowest BCUT2D eigenvalue weighted by atomic mass is 10.2. The number of benzene rings is 2. The van der Waals surface area contributed by atoms with Crippen LogP contribution in [-0.4, -0.2) is 20.1 Å². The maximum atomic E-state index is 11.9. The second-order valence-electron chi connectivity index (χ2n) is 4.90. The van der Waals surface area contributed by atoms with Gasteiger partial charge in [0, 0.05) is 23.4 Å². The van der Waals surface area contributed by atoms with Gasteiger partial charge in [0.25, 0.3) is 9.05 Å². The Balaban J connectivity index is 2.24. The normalized spacial score (nSPS) is 11.7. The van der Waals surface area contributed by atoms with Gasteiger partial charge in [0.1, 0.15) is 10.6 Å². The summed E-state index contributed by atoms with van der Waals surface area (Å²) in [5.41, 5.74) is 1.84. The summed E-state index contributed by atoms with van der Waals surface area (Å²) in [5.74, 6) is 0.489. The van der Waals surface area contributed by atoms with Crippen molar-refractivity contribution in [1.82, 2.24) is 4.57 Å². The van der Waals surface area contributed by atoms with Crippen LogP contribution in [0.1, 0.15) is 5.56 Å². The molecule has 2 aromatic carbocycles. The molecule has 0 unspecified atom stereocenters. The molecule has 3 aromatic rings. The van der Waals surface area contributed by atoms with Crippen molar-refractivity contribution in [2.75, 3.05) is 7.11 Å². The molecule has 0 aliphatic rings. The van der Waals surface area contributed by atoms with E-state index in [1.165, 1.54) is 7.11 Å². The van der Waals surface area contributed by atoms with E-state index in [0.29, 0.717) is 17.7 Å². The minimum Gasteiger partial charge on any atom is -0.496 e. The lowest BCUT2D eigenvalue weighted by Crippen LogP contribution is -1.97. The summed E-state index contributed by atoms with van der Waals surface area (Å²) in [6, 6.07) is 15.2. The Bertz CT molecular complexity index is 917. The molecule has 0 fully saturated rings. The molecule has 1 heterocycles. The van der Waals surface area contributed by atoms with Crippen LogP contribution < -0.4 is 4.74 Å². The Hall–Kier alpha value is -1.98. The molecule has 0 saturated carbocycles. The molecule has 6 heteroatoms. The largest absolute Gasteiger partial charge is 0.496 e. The average molecular weight is 336 g/mol. The summed E-state index contributed by atoms with van der Waals surface area (Å²) in [6.45, 7) is 0.552. The number of nitrogens with zero attached hydrogens (tertiary/aromatic N) is 1. The molecule has 3 rings (SSSR count). The first kappa shape index (κ1) is 14.9. The van der Waals surface area contributed by atoms with Crippen LogP contribution in [0.4, 0.5) is 0 Å². The summed E-state index contributed by atoms with van der Waals surface area (Å²) in [6.07, 6.45) is 1.56. The molecule has 0 radical (unpaired) electrons. The van der Waals surface area contributed by atoms with Crippen LogP contribution in [0, 0.1) is 0 Å². The fourth-order valence-corrected chi connectivity index (χ4v) is 3.60. The lowest BCUT2D eigenvalue weighted by Gasteiger charge is -2.06. The van der Waals surface area contributed by atoms with Crippen molar-refractivity contribution >= 4 is 30.6 Å². The highest BCUT2D eigenvalue weighted by Crippen LogP contribution is 2.35. The molecule has 0 bridgehead atoms. The van der Waals surface area contributed by atoms with Gasteiger partial charge in [-0.1, -0.05) is 36.4 Å². The SMILES string of the molecule is COc1cccc2c1c(S(=O)(=O)Cl)cn2Cc1ccccc1. The van der Waals surface area contributed by atoms with Crippen molar-refractivity contribution in [2.24, 2.45) is 0 Å². The zero-order valence-corrected chi connectivity index (χ0v) is 13.4. The van der Waals surface area contributed by atoms with Crippen molar-refractivity contribution in [3.05, 3.63) is 60.3 Å². The van der Waals surface area contributed by atoms with Gasteiger partial charge in [-0.05, 0) is 17.7 Å². The first-order valence-electron chi connectivity index (χ1n) is 6.65. The van der Waals surface area contributed by atoms with E-state index in [1.807, 2.05) is 47.0 Å². The molecule has 0 atom stereocenters. The molecule has 1 aromatic heterocycles. The zero-order chi connectivity index (χ0) is 15.7. The number of halogens is 1. The zero-order valence-electron chi connectivity index (χ0n) is 11.9. The molecule has 4 nitrogen and oxygen atoms in total. The number of fused-ring (bicyclic) bond motifs is 1. The second kappa shape index (κ2) is 5.66. The van der Waals surface area contributed by atoms with Gasteiger partial charge in [0.2, 0.25) is 0 Å². The van der Waals surface area contributed by atoms with E-state index in [0.717, 1.165) is 11.1 Å². The van der Waals surface area contributed by atoms with E-state index in [2.05, 4.69) is 0 Å². The molecule has 0 spiro atoms. The van der Waals surface area contributed by atoms with E-state index < -0.39 is 9.05 Å². The molecule has 0 aliphatic carbocycles. The van der Waals surface area contributed by atoms with Crippen LogP contribution in [-0.2, 0) is 15.6 Å². The topological polar surface area (TPSA) is 48.3 Å². The molecule has 0 N–H and O–H groups in total. The highest BCUT2D eigenvalue weighted by molar-refractivity contribution is 8.14. The predicted octanol–water partition coefficient (Wildman–Crippen LogP) is 3.63. The highest BCUT2D eigenvalue weighted by atomic mass is 35.7. The summed E-state index contributed by atoms with van der Waals surface area (Å²) in [7, 11) is 3.23. The van der Waals surface area contributed by atoms with Gasteiger partial charge in [0.15, 0.2) is 0 Å². The van der Waals surface area contributed by atoms with Crippen LogP contribution in [0.25, 0.3) is 10.9 Å². The monoisotopic (exact) mass is 335 g/mol. The molecule has 0 saturated heterocycles. The third-order valence-electron chi connectivity index (χ3n) is 3.51. The summed E-state index contributed by atoms with van der Waals surface area (Å²) < 4.78 is 30.9. The summed E-state index contributed by atoms with van der Waals surface area (Å²) in [5, 5.41) is 0.510. The van der Waals surface area contributed by atoms with E-state index >= 15 is 0 Å². The first-order valence-corrected chi connectivity index (χ1v) is 8.96. The van der Waals surface area contributed by atoms with E-state index in [1.54, 1.807) is 12.3 Å². The quantitative estimate of drug-likeness (QED) is 0.684. The van der Waals surface area contributed by atoms with Crippen molar-refractivity contribution in [1.29, 1.82) is 0 Å². The van der Waals surface area contributed by atoms with Crippen LogP contribution in [0.3, 0.4) is 0 Å². The van der Waals surface area contributed by atoms with Crippen LogP contribution in [0.5, 0.6) is 5.75 Å². The molecule has 114 valence electrons. The molecule has 0 amide bonds. The van der Waals surface area contributed by atoms with Crippen molar-refractivity contribution < 1.29 is 13.2 Å². The van der Waals surface area contributed by atoms with Gasteiger partial charge in [-0.15, -0.1) is 0 Å². The maximum Gasteiger partial charge on any atom is 0.263 e. The Morgan fingerprint density at radius 1 is 1.09 bits per heavy atom. The smallest absolute Gasteiger partial charge is 0.263 e. The van der Waals surface area contributed by atoms with Crippen molar-refractivity contribution in [3.63, 3.8) is 0 Å². The molecular formula is C16H14ClNO3S. The number of ether oxygens (including phenoxy) is 1. The minimum absolute atomic E-state index is 0.0672. The van der Waals surface area contributed by atoms with Crippen molar-refractivity contribution in [3.8, 4) is 5.75 Å². The highest BCUT2D eigenvalue weighted by Gasteiger charge is 2.21. The van der Waals surface area contributed by atoms with E-state index in [9.17, 15) is 8.42 Å². The van der Waals surface area contributed by atoms with Crippen LogP contribution in [0.2, 0.25) is 0 Å². The fraction of sp³-hybridized carbons (Fsp3) is 0.125. The van der Waals surface area contributed by atoms with Gasteiger partial charge in [-0.3, -0.25) is 0 Å². The number of hydrogen-bond acceptors (Lipinski definition) is 3. The minimum atomic E-state index is -3.86. The number of hydrogen-bond donors (Lipinski definition) is 0. The Labute approximate surface area is 133 Å². The number of aromatic nitrogens is 1. The van der Waals surface area contributed by atoms with Gasteiger partial charge >= 0.3 is 0 Å².